The van der Waals surface area contributed by atoms with E-state index in [-0.39, 0.29) is 0 Å². The van der Waals surface area contributed by atoms with Crippen molar-refractivity contribution in [2.75, 3.05) is 0 Å². The molecule has 1 aromatic heterocycles. The van der Waals surface area contributed by atoms with Crippen molar-refractivity contribution in [1.82, 2.24) is 9.59 Å². The van der Waals surface area contributed by atoms with Crippen LogP contribution in [-0.2, 0) is 0 Å². The Morgan fingerprint density at radius 1 is 1.33 bits per heavy atom. The zero-order valence-corrected chi connectivity index (χ0v) is 11.2. The quantitative estimate of drug-likeness (QED) is 0.921. The Bertz CT molecular complexity index is 548. The molecule has 0 saturated heterocycles. The van der Waals surface area contributed by atoms with Crippen molar-refractivity contribution >= 4 is 11.5 Å². The first-order chi connectivity index (χ1) is 8.77. The highest BCUT2D eigenvalue weighted by molar-refractivity contribution is 7.05. The third-order valence-corrected chi connectivity index (χ3v) is 4.65. The first-order valence-electron chi connectivity index (χ1n) is 6.33. The maximum atomic E-state index is 10.5. The Labute approximate surface area is 111 Å². The minimum Gasteiger partial charge on any atom is -0.383 e. The molecule has 1 aliphatic rings. The molecule has 3 nitrogen and oxygen atoms in total. The Hall–Kier alpha value is -1.26. The standard InChI is InChI=1S/C14H16N2OS/c1-9-14(18-16-15-9)13(17)12-8-3-2-7-11(12)10-5-4-6-10/h2-3,7-8,10,13,17H,4-6H2,1H3. The number of benzene rings is 1. The van der Waals surface area contributed by atoms with Gasteiger partial charge in [-0.1, -0.05) is 35.2 Å². The molecule has 1 saturated carbocycles. The molecule has 0 spiro atoms. The van der Waals surface area contributed by atoms with Crippen molar-refractivity contribution in [1.29, 1.82) is 0 Å². The summed E-state index contributed by atoms with van der Waals surface area (Å²) >= 11 is 1.29. The summed E-state index contributed by atoms with van der Waals surface area (Å²) in [6.45, 7) is 1.90. The van der Waals surface area contributed by atoms with Gasteiger partial charge < -0.3 is 5.11 Å². The number of aromatic nitrogens is 2. The van der Waals surface area contributed by atoms with Crippen molar-refractivity contribution in [3.8, 4) is 0 Å². The first-order valence-corrected chi connectivity index (χ1v) is 7.10. The van der Waals surface area contributed by atoms with Crippen molar-refractivity contribution in [2.24, 2.45) is 0 Å². The molecule has 1 atom stereocenters. The molecule has 1 unspecified atom stereocenters. The van der Waals surface area contributed by atoms with Crippen molar-refractivity contribution in [3.63, 3.8) is 0 Å². The smallest absolute Gasteiger partial charge is 0.117 e. The average molecular weight is 260 g/mol. The fraction of sp³-hybridized carbons (Fsp3) is 0.429. The molecule has 2 aromatic rings. The minimum atomic E-state index is -0.582. The maximum absolute atomic E-state index is 10.5. The molecule has 94 valence electrons. The summed E-state index contributed by atoms with van der Waals surface area (Å²) in [6.07, 6.45) is 3.20. The van der Waals surface area contributed by atoms with E-state index in [1.807, 2.05) is 19.1 Å². The van der Waals surface area contributed by atoms with Crippen LogP contribution in [0.25, 0.3) is 0 Å². The van der Waals surface area contributed by atoms with Crippen LogP contribution in [0, 0.1) is 6.92 Å². The molecule has 3 rings (SSSR count). The van der Waals surface area contributed by atoms with Crippen LogP contribution in [0.3, 0.4) is 0 Å². The second kappa shape index (κ2) is 4.78. The minimum absolute atomic E-state index is 0.582. The van der Waals surface area contributed by atoms with Crippen LogP contribution in [0.15, 0.2) is 24.3 Å². The fourth-order valence-corrected chi connectivity index (χ4v) is 3.13. The van der Waals surface area contributed by atoms with Gasteiger partial charge in [-0.2, -0.15) is 0 Å². The summed E-state index contributed by atoms with van der Waals surface area (Å²) in [5, 5.41) is 14.5. The van der Waals surface area contributed by atoms with Gasteiger partial charge in [-0.15, -0.1) is 5.10 Å². The lowest BCUT2D eigenvalue weighted by Gasteiger charge is -2.29. The third kappa shape index (κ3) is 1.95. The number of aliphatic hydroxyl groups excluding tert-OH is 1. The zero-order chi connectivity index (χ0) is 12.5. The summed E-state index contributed by atoms with van der Waals surface area (Å²) in [5.74, 6) is 0.622. The summed E-state index contributed by atoms with van der Waals surface area (Å²) in [6, 6.07) is 8.22. The molecular formula is C14H16N2OS. The van der Waals surface area contributed by atoms with Gasteiger partial charge in [-0.05, 0) is 48.3 Å². The molecule has 1 heterocycles. The second-order valence-electron chi connectivity index (χ2n) is 4.88. The summed E-state index contributed by atoms with van der Waals surface area (Å²) in [4.78, 5) is 0.863. The molecule has 4 heteroatoms. The SMILES string of the molecule is Cc1nnsc1C(O)c1ccccc1C1CCC1. The Kier molecular flexibility index (Phi) is 3.14. The molecule has 1 fully saturated rings. The Morgan fingerprint density at radius 2 is 2.11 bits per heavy atom. The highest BCUT2D eigenvalue weighted by atomic mass is 32.1. The summed E-state index contributed by atoms with van der Waals surface area (Å²) < 4.78 is 3.91. The van der Waals surface area contributed by atoms with E-state index < -0.39 is 6.10 Å². The van der Waals surface area contributed by atoms with Gasteiger partial charge in [0.25, 0.3) is 0 Å². The predicted octanol–water partition coefficient (Wildman–Crippen LogP) is 3.20. The van der Waals surface area contributed by atoms with Crippen LogP contribution in [0.5, 0.6) is 0 Å². The Morgan fingerprint density at radius 3 is 2.72 bits per heavy atom. The van der Waals surface area contributed by atoms with E-state index in [0.717, 1.165) is 16.1 Å². The monoisotopic (exact) mass is 260 g/mol. The van der Waals surface area contributed by atoms with Gasteiger partial charge in [0.05, 0.1) is 10.6 Å². The van der Waals surface area contributed by atoms with Gasteiger partial charge in [0.15, 0.2) is 0 Å². The van der Waals surface area contributed by atoms with Gasteiger partial charge in [-0.25, -0.2) is 0 Å². The molecule has 0 aliphatic heterocycles. The van der Waals surface area contributed by atoms with E-state index in [1.165, 1.54) is 36.4 Å². The molecular weight excluding hydrogens is 244 g/mol. The lowest BCUT2D eigenvalue weighted by atomic mass is 9.77. The Balaban J connectivity index is 1.98. The van der Waals surface area contributed by atoms with E-state index in [2.05, 4.69) is 21.7 Å². The van der Waals surface area contributed by atoms with Crippen LogP contribution in [0.4, 0.5) is 0 Å². The van der Waals surface area contributed by atoms with E-state index in [1.54, 1.807) is 0 Å². The topological polar surface area (TPSA) is 46.0 Å². The molecule has 18 heavy (non-hydrogen) atoms. The summed E-state index contributed by atoms with van der Waals surface area (Å²) in [5.41, 5.74) is 3.15. The van der Waals surface area contributed by atoms with Crippen LogP contribution in [0.2, 0.25) is 0 Å². The van der Waals surface area contributed by atoms with Crippen molar-refractivity contribution in [2.45, 2.75) is 38.2 Å². The molecule has 0 amide bonds. The molecule has 0 radical (unpaired) electrons. The highest BCUT2D eigenvalue weighted by Crippen LogP contribution is 2.41. The third-order valence-electron chi connectivity index (χ3n) is 3.77. The van der Waals surface area contributed by atoms with Gasteiger partial charge in [0.2, 0.25) is 0 Å². The predicted molar refractivity (Wildman–Crippen MR) is 71.7 cm³/mol. The van der Waals surface area contributed by atoms with Crippen LogP contribution in [0.1, 0.15) is 53.0 Å². The molecule has 1 aliphatic carbocycles. The fourth-order valence-electron chi connectivity index (χ4n) is 2.48. The number of aryl methyl sites for hydroxylation is 1. The van der Waals surface area contributed by atoms with Gasteiger partial charge in [-0.3, -0.25) is 0 Å². The van der Waals surface area contributed by atoms with E-state index >= 15 is 0 Å². The zero-order valence-electron chi connectivity index (χ0n) is 10.3. The van der Waals surface area contributed by atoms with E-state index in [4.69, 9.17) is 0 Å². The maximum Gasteiger partial charge on any atom is 0.117 e. The number of aliphatic hydroxyl groups is 1. The first kappa shape index (κ1) is 11.8. The normalized spacial score (nSPS) is 17.4. The average Bonchev–Trinajstić information content (AvgIpc) is 2.73. The van der Waals surface area contributed by atoms with E-state index in [9.17, 15) is 5.11 Å². The number of hydrogen-bond acceptors (Lipinski definition) is 4. The highest BCUT2D eigenvalue weighted by Gasteiger charge is 2.26. The van der Waals surface area contributed by atoms with Gasteiger partial charge in [0, 0.05) is 0 Å². The van der Waals surface area contributed by atoms with E-state index in [0.29, 0.717) is 5.92 Å². The molecule has 1 aromatic carbocycles. The van der Waals surface area contributed by atoms with Crippen LogP contribution in [-0.4, -0.2) is 14.7 Å². The lowest BCUT2D eigenvalue weighted by Crippen LogP contribution is -2.13. The largest absolute Gasteiger partial charge is 0.383 e. The van der Waals surface area contributed by atoms with Crippen molar-refractivity contribution in [3.05, 3.63) is 46.0 Å². The number of hydrogen-bond donors (Lipinski definition) is 1. The van der Waals surface area contributed by atoms with Crippen LogP contribution < -0.4 is 0 Å². The molecule has 0 bridgehead atoms. The lowest BCUT2D eigenvalue weighted by molar-refractivity contribution is 0.220. The van der Waals surface area contributed by atoms with Gasteiger partial charge in [0.1, 0.15) is 6.10 Å². The molecule has 1 N–H and O–H groups in total. The van der Waals surface area contributed by atoms with Crippen molar-refractivity contribution < 1.29 is 5.11 Å². The summed E-state index contributed by atoms with van der Waals surface area (Å²) in [7, 11) is 0. The van der Waals surface area contributed by atoms with Gasteiger partial charge >= 0.3 is 0 Å². The number of nitrogens with zero attached hydrogens (tertiary/aromatic N) is 2. The number of rotatable bonds is 3. The van der Waals surface area contributed by atoms with Crippen LogP contribution >= 0.6 is 11.5 Å². The second-order valence-corrected chi connectivity index (χ2v) is 5.67.